The number of hydrogen-bond acceptors (Lipinski definition) is 6. The maximum Gasteiger partial charge on any atom is 0.263 e. The Balaban J connectivity index is 1.96. The van der Waals surface area contributed by atoms with Crippen LogP contribution in [0.2, 0.25) is 5.02 Å². The van der Waals surface area contributed by atoms with Gasteiger partial charge in [0.1, 0.15) is 4.90 Å². The van der Waals surface area contributed by atoms with E-state index in [1.165, 1.54) is 11.3 Å². The molecule has 3 rings (SSSR count). The second-order valence-electron chi connectivity index (χ2n) is 5.41. The molecule has 9 heteroatoms. The number of benzene rings is 1. The maximum absolute atomic E-state index is 12.8. The van der Waals surface area contributed by atoms with Crippen molar-refractivity contribution >= 4 is 38.6 Å². The molecule has 0 unspecified atom stereocenters. The second kappa shape index (κ2) is 6.78. The molecular formula is C16H16ClN3O3S2. The molecule has 25 heavy (non-hydrogen) atoms. The molecule has 0 aliphatic carbocycles. The molecule has 3 aromatic rings. The fourth-order valence-electron chi connectivity index (χ4n) is 2.26. The van der Waals surface area contributed by atoms with Gasteiger partial charge in [0.25, 0.3) is 10.0 Å². The number of nitrogens with zero attached hydrogens (tertiary/aromatic N) is 2. The lowest BCUT2D eigenvalue weighted by molar-refractivity contribution is 0.383. The van der Waals surface area contributed by atoms with Crippen LogP contribution in [-0.4, -0.2) is 18.6 Å². The van der Waals surface area contributed by atoms with Crippen molar-refractivity contribution < 1.29 is 12.9 Å². The smallest absolute Gasteiger partial charge is 0.263 e. The predicted octanol–water partition coefficient (Wildman–Crippen LogP) is 4.43. The minimum absolute atomic E-state index is 0.190. The minimum Gasteiger partial charge on any atom is -0.339 e. The molecule has 0 aliphatic heterocycles. The summed E-state index contributed by atoms with van der Waals surface area (Å²) in [5, 5.41) is 4.40. The zero-order valence-corrected chi connectivity index (χ0v) is 16.2. The summed E-state index contributed by atoms with van der Waals surface area (Å²) in [6.07, 6.45) is 0.623. The first kappa shape index (κ1) is 17.9. The summed E-state index contributed by atoms with van der Waals surface area (Å²) in [6, 6.07) is 6.65. The van der Waals surface area contributed by atoms with Crippen molar-refractivity contribution in [3.05, 3.63) is 45.6 Å². The standard InChI is InChI=1S/C16H16ClN3O3S2/c1-4-15-18-16(19-23-15)13-8-14(10(3)24-13)25(21,22)20-12-7-5-6-11(17)9(12)2/h5-8,20H,4H2,1-3H3. The zero-order valence-electron chi connectivity index (χ0n) is 13.8. The highest BCUT2D eigenvalue weighted by molar-refractivity contribution is 7.93. The van der Waals surface area contributed by atoms with Crippen LogP contribution in [0, 0.1) is 13.8 Å². The van der Waals surface area contributed by atoms with Crippen LogP contribution in [0.3, 0.4) is 0 Å². The number of sulfonamides is 1. The van der Waals surface area contributed by atoms with Crippen molar-refractivity contribution in [3.8, 4) is 10.7 Å². The lowest BCUT2D eigenvalue weighted by Crippen LogP contribution is -2.14. The molecule has 6 nitrogen and oxygen atoms in total. The van der Waals surface area contributed by atoms with E-state index in [4.69, 9.17) is 16.1 Å². The lowest BCUT2D eigenvalue weighted by atomic mass is 10.2. The molecule has 1 aromatic carbocycles. The molecule has 0 radical (unpaired) electrons. The van der Waals surface area contributed by atoms with Crippen LogP contribution in [0.5, 0.6) is 0 Å². The van der Waals surface area contributed by atoms with E-state index in [0.717, 1.165) is 0 Å². The molecule has 0 saturated carbocycles. The van der Waals surface area contributed by atoms with E-state index < -0.39 is 10.0 Å². The summed E-state index contributed by atoms with van der Waals surface area (Å²) in [4.78, 5) is 5.72. The van der Waals surface area contributed by atoms with Gasteiger partial charge in [0.05, 0.1) is 10.6 Å². The van der Waals surface area contributed by atoms with Crippen molar-refractivity contribution in [1.29, 1.82) is 0 Å². The molecule has 0 bridgehead atoms. The predicted molar refractivity (Wildman–Crippen MR) is 98.7 cm³/mol. The van der Waals surface area contributed by atoms with Crippen molar-refractivity contribution in [2.24, 2.45) is 0 Å². The third-order valence-electron chi connectivity index (χ3n) is 3.66. The number of rotatable bonds is 5. The van der Waals surface area contributed by atoms with Gasteiger partial charge in [-0.1, -0.05) is 29.7 Å². The van der Waals surface area contributed by atoms with E-state index in [1.54, 1.807) is 38.1 Å². The number of aryl methyl sites for hydroxylation is 2. The Bertz CT molecular complexity index is 1030. The van der Waals surface area contributed by atoms with Gasteiger partial charge in [-0.25, -0.2) is 8.42 Å². The van der Waals surface area contributed by atoms with Crippen LogP contribution in [0.1, 0.15) is 23.3 Å². The Labute approximate surface area is 154 Å². The highest BCUT2D eigenvalue weighted by Crippen LogP contribution is 2.34. The van der Waals surface area contributed by atoms with Gasteiger partial charge in [0.2, 0.25) is 11.7 Å². The first-order chi connectivity index (χ1) is 11.8. The van der Waals surface area contributed by atoms with Gasteiger partial charge in [0.15, 0.2) is 0 Å². The van der Waals surface area contributed by atoms with E-state index in [1.807, 2.05) is 6.92 Å². The van der Waals surface area contributed by atoms with Crippen molar-refractivity contribution in [2.45, 2.75) is 32.1 Å². The fourth-order valence-corrected chi connectivity index (χ4v) is 5.07. The maximum atomic E-state index is 12.8. The van der Waals surface area contributed by atoms with Gasteiger partial charge in [-0.05, 0) is 37.6 Å². The molecule has 0 amide bonds. The molecule has 0 saturated heterocycles. The van der Waals surface area contributed by atoms with Crippen molar-refractivity contribution in [2.75, 3.05) is 4.72 Å². The number of anilines is 1. The highest BCUT2D eigenvalue weighted by atomic mass is 35.5. The molecular weight excluding hydrogens is 382 g/mol. The first-order valence-electron chi connectivity index (χ1n) is 7.53. The SMILES string of the molecule is CCc1nc(-c2cc(S(=O)(=O)Nc3cccc(Cl)c3C)c(C)s2)no1. The highest BCUT2D eigenvalue weighted by Gasteiger charge is 2.23. The van der Waals surface area contributed by atoms with E-state index in [-0.39, 0.29) is 4.90 Å². The van der Waals surface area contributed by atoms with Gasteiger partial charge in [-0.3, -0.25) is 4.72 Å². The van der Waals surface area contributed by atoms with Crippen LogP contribution in [0.15, 0.2) is 33.7 Å². The first-order valence-corrected chi connectivity index (χ1v) is 10.2. The molecule has 0 spiro atoms. The molecule has 2 heterocycles. The number of thiophene rings is 1. The van der Waals surface area contributed by atoms with Crippen molar-refractivity contribution in [3.63, 3.8) is 0 Å². The number of aromatic nitrogens is 2. The molecule has 2 aromatic heterocycles. The van der Waals surface area contributed by atoms with Crippen LogP contribution in [0.4, 0.5) is 5.69 Å². The Hall–Kier alpha value is -1.90. The van der Waals surface area contributed by atoms with Crippen LogP contribution in [0.25, 0.3) is 10.7 Å². The molecule has 1 N–H and O–H groups in total. The largest absolute Gasteiger partial charge is 0.339 e. The second-order valence-corrected chi connectivity index (χ2v) is 8.73. The summed E-state index contributed by atoms with van der Waals surface area (Å²) >= 11 is 7.37. The van der Waals surface area contributed by atoms with Crippen LogP contribution < -0.4 is 4.72 Å². The Kier molecular flexibility index (Phi) is 4.86. The summed E-state index contributed by atoms with van der Waals surface area (Å²) in [5.74, 6) is 0.906. The lowest BCUT2D eigenvalue weighted by Gasteiger charge is -2.11. The summed E-state index contributed by atoms with van der Waals surface area (Å²) in [6.45, 7) is 5.41. The van der Waals surface area contributed by atoms with E-state index >= 15 is 0 Å². The number of halogens is 1. The van der Waals surface area contributed by atoms with Gasteiger partial charge < -0.3 is 4.52 Å². The van der Waals surface area contributed by atoms with E-state index in [9.17, 15) is 8.42 Å². The molecule has 0 aliphatic rings. The quantitative estimate of drug-likeness (QED) is 0.688. The molecule has 0 atom stereocenters. The minimum atomic E-state index is -3.75. The number of nitrogens with one attached hydrogen (secondary N) is 1. The summed E-state index contributed by atoms with van der Waals surface area (Å²) < 4.78 is 33.2. The molecule has 132 valence electrons. The van der Waals surface area contributed by atoms with E-state index in [2.05, 4.69) is 14.9 Å². The average Bonchev–Trinajstić information content (AvgIpc) is 3.18. The van der Waals surface area contributed by atoms with Crippen LogP contribution in [-0.2, 0) is 16.4 Å². The summed E-state index contributed by atoms with van der Waals surface area (Å²) in [5.41, 5.74) is 1.12. The Morgan fingerprint density at radius 3 is 2.76 bits per heavy atom. The van der Waals surface area contributed by atoms with E-state index in [0.29, 0.717) is 44.2 Å². The third kappa shape index (κ3) is 3.56. The number of hydrogen-bond donors (Lipinski definition) is 1. The van der Waals surface area contributed by atoms with Crippen LogP contribution >= 0.6 is 22.9 Å². The van der Waals surface area contributed by atoms with Gasteiger partial charge in [0, 0.05) is 16.3 Å². The summed E-state index contributed by atoms with van der Waals surface area (Å²) in [7, 11) is -3.75. The van der Waals surface area contributed by atoms with Gasteiger partial charge >= 0.3 is 0 Å². The fraction of sp³-hybridized carbons (Fsp3) is 0.250. The zero-order chi connectivity index (χ0) is 18.2. The molecule has 0 fully saturated rings. The monoisotopic (exact) mass is 397 g/mol. The Morgan fingerprint density at radius 2 is 2.08 bits per heavy atom. The topological polar surface area (TPSA) is 85.1 Å². The van der Waals surface area contributed by atoms with Crippen molar-refractivity contribution in [1.82, 2.24) is 10.1 Å². The van der Waals surface area contributed by atoms with Gasteiger partial charge in [-0.15, -0.1) is 11.3 Å². The average molecular weight is 398 g/mol. The Morgan fingerprint density at radius 1 is 1.32 bits per heavy atom. The third-order valence-corrected chi connectivity index (χ3v) is 6.74. The normalized spacial score (nSPS) is 11.7. The van der Waals surface area contributed by atoms with Gasteiger partial charge in [-0.2, -0.15) is 4.98 Å².